The van der Waals surface area contributed by atoms with Crippen molar-refractivity contribution in [1.82, 2.24) is 5.32 Å². The number of carboxylic acid groups (broad SMARTS) is 1. The SMILES string of the molecule is COCC(=O)Nc1cc(C(=O)O)cc(C(=O)NCC(COS(=O)(=O)c2ccccc2C)OS(=O)(=O)c2ccccc2C)c1. The average Bonchev–Trinajstić information content (AvgIpc) is 2.94. The van der Waals surface area contributed by atoms with Crippen LogP contribution in [0.15, 0.2) is 76.5 Å². The van der Waals surface area contributed by atoms with Crippen molar-refractivity contribution >= 4 is 43.7 Å². The summed E-state index contributed by atoms with van der Waals surface area (Å²) in [4.78, 5) is 36.3. The monoisotopic (exact) mass is 634 g/mol. The lowest BCUT2D eigenvalue weighted by atomic mass is 10.1. The van der Waals surface area contributed by atoms with E-state index in [-0.39, 0.29) is 33.2 Å². The fourth-order valence-corrected chi connectivity index (χ4v) is 6.30. The molecular formula is C28H30N2O11S2. The van der Waals surface area contributed by atoms with E-state index in [1.54, 1.807) is 38.1 Å². The number of aromatic carboxylic acids is 1. The lowest BCUT2D eigenvalue weighted by molar-refractivity contribution is -0.119. The lowest BCUT2D eigenvalue weighted by Crippen LogP contribution is -2.38. The van der Waals surface area contributed by atoms with Crippen molar-refractivity contribution in [1.29, 1.82) is 0 Å². The van der Waals surface area contributed by atoms with Crippen LogP contribution in [0.1, 0.15) is 31.8 Å². The van der Waals surface area contributed by atoms with Gasteiger partial charge in [-0.1, -0.05) is 36.4 Å². The van der Waals surface area contributed by atoms with Crippen LogP contribution >= 0.6 is 0 Å². The van der Waals surface area contributed by atoms with Gasteiger partial charge < -0.3 is 20.5 Å². The van der Waals surface area contributed by atoms with Gasteiger partial charge in [0.15, 0.2) is 0 Å². The van der Waals surface area contributed by atoms with E-state index < -0.39 is 57.3 Å². The minimum Gasteiger partial charge on any atom is -0.478 e. The Morgan fingerprint density at radius 1 is 0.837 bits per heavy atom. The first kappa shape index (κ1) is 33.4. The number of aryl methyl sites for hydroxylation is 2. The minimum atomic E-state index is -4.45. The Hall–Kier alpha value is -4.15. The summed E-state index contributed by atoms with van der Waals surface area (Å²) in [6.07, 6.45) is -1.53. The summed E-state index contributed by atoms with van der Waals surface area (Å²) in [6, 6.07) is 15.4. The largest absolute Gasteiger partial charge is 0.478 e. The van der Waals surface area contributed by atoms with E-state index in [0.717, 1.165) is 12.1 Å². The molecule has 1 atom stereocenters. The maximum atomic E-state index is 13.1. The van der Waals surface area contributed by atoms with Gasteiger partial charge in [0.2, 0.25) is 5.91 Å². The molecule has 2 amide bonds. The Kier molecular flexibility index (Phi) is 11.1. The zero-order chi connectivity index (χ0) is 31.8. The first-order valence-electron chi connectivity index (χ1n) is 12.6. The maximum Gasteiger partial charge on any atom is 0.335 e. The fourth-order valence-electron chi connectivity index (χ4n) is 3.85. The van der Waals surface area contributed by atoms with Gasteiger partial charge in [0.05, 0.1) is 22.0 Å². The summed E-state index contributed by atoms with van der Waals surface area (Å²) < 4.78 is 67.1. The number of methoxy groups -OCH3 is 1. The predicted octanol–water partition coefficient (Wildman–Crippen LogP) is 2.50. The van der Waals surface area contributed by atoms with Crippen LogP contribution in [-0.2, 0) is 38.1 Å². The van der Waals surface area contributed by atoms with Gasteiger partial charge in [-0.2, -0.15) is 16.8 Å². The van der Waals surface area contributed by atoms with E-state index in [4.69, 9.17) is 13.1 Å². The molecule has 15 heteroatoms. The summed E-state index contributed by atoms with van der Waals surface area (Å²) >= 11 is 0. The molecule has 0 aliphatic heterocycles. The highest BCUT2D eigenvalue weighted by Crippen LogP contribution is 2.21. The molecule has 0 heterocycles. The molecule has 0 spiro atoms. The van der Waals surface area contributed by atoms with E-state index in [9.17, 15) is 36.3 Å². The highest BCUT2D eigenvalue weighted by Gasteiger charge is 2.27. The number of rotatable bonds is 14. The third kappa shape index (κ3) is 9.17. The summed E-state index contributed by atoms with van der Waals surface area (Å²) in [6.45, 7) is 1.43. The molecule has 230 valence electrons. The minimum absolute atomic E-state index is 0.00492. The molecule has 13 nitrogen and oxygen atoms in total. The number of carboxylic acids is 1. The second kappa shape index (κ2) is 14.3. The quantitative estimate of drug-likeness (QED) is 0.221. The third-order valence-corrected chi connectivity index (χ3v) is 8.85. The van der Waals surface area contributed by atoms with E-state index in [1.807, 2.05) is 0 Å². The normalized spacial score (nSPS) is 12.3. The Labute approximate surface area is 249 Å². The molecule has 0 aliphatic rings. The number of hydrogen-bond acceptors (Lipinski definition) is 10. The first-order chi connectivity index (χ1) is 20.2. The molecule has 0 aromatic heterocycles. The molecule has 43 heavy (non-hydrogen) atoms. The topological polar surface area (TPSA) is 191 Å². The maximum absolute atomic E-state index is 13.1. The highest BCUT2D eigenvalue weighted by atomic mass is 32.2. The molecule has 3 N–H and O–H groups in total. The van der Waals surface area contributed by atoms with Gasteiger partial charge in [-0.15, -0.1) is 0 Å². The van der Waals surface area contributed by atoms with Crippen molar-refractivity contribution < 1.29 is 49.4 Å². The van der Waals surface area contributed by atoms with E-state index >= 15 is 0 Å². The van der Waals surface area contributed by atoms with Crippen molar-refractivity contribution in [2.45, 2.75) is 29.7 Å². The molecule has 0 saturated carbocycles. The predicted molar refractivity (Wildman–Crippen MR) is 154 cm³/mol. The van der Waals surface area contributed by atoms with Crippen molar-refractivity contribution in [3.8, 4) is 0 Å². The van der Waals surface area contributed by atoms with Crippen LogP contribution in [0.25, 0.3) is 0 Å². The van der Waals surface area contributed by atoms with Crippen molar-refractivity contribution in [3.05, 3.63) is 89.0 Å². The van der Waals surface area contributed by atoms with Gasteiger partial charge in [0.1, 0.15) is 12.7 Å². The molecule has 0 saturated heterocycles. The van der Waals surface area contributed by atoms with Gasteiger partial charge in [0, 0.05) is 24.9 Å². The fraction of sp³-hybridized carbons (Fsp3) is 0.250. The number of anilines is 1. The van der Waals surface area contributed by atoms with Crippen molar-refractivity contribution in [3.63, 3.8) is 0 Å². The molecule has 0 bridgehead atoms. The second-order valence-corrected chi connectivity index (χ2v) is 12.4. The number of carbonyl (C=O) groups excluding carboxylic acids is 2. The van der Waals surface area contributed by atoms with Gasteiger partial charge in [-0.05, 0) is 55.3 Å². The zero-order valence-corrected chi connectivity index (χ0v) is 25.0. The lowest BCUT2D eigenvalue weighted by Gasteiger charge is -2.19. The molecule has 0 aliphatic carbocycles. The van der Waals surface area contributed by atoms with E-state index in [1.165, 1.54) is 37.4 Å². The average molecular weight is 635 g/mol. The number of carbonyl (C=O) groups is 3. The van der Waals surface area contributed by atoms with Crippen LogP contribution in [0.5, 0.6) is 0 Å². The Bertz CT molecular complexity index is 1720. The molecule has 0 fully saturated rings. The van der Waals surface area contributed by atoms with Crippen LogP contribution in [0, 0.1) is 13.8 Å². The first-order valence-corrected chi connectivity index (χ1v) is 15.4. The van der Waals surface area contributed by atoms with Crippen LogP contribution in [0.4, 0.5) is 5.69 Å². The summed E-state index contributed by atoms with van der Waals surface area (Å²) in [5.41, 5.74) is 0.249. The molecule has 1 unspecified atom stereocenters. The van der Waals surface area contributed by atoms with Crippen molar-refractivity contribution in [2.24, 2.45) is 0 Å². The number of ether oxygens (including phenoxy) is 1. The number of amides is 2. The Morgan fingerprint density at radius 3 is 1.95 bits per heavy atom. The van der Waals surface area contributed by atoms with Gasteiger partial charge >= 0.3 is 5.97 Å². The zero-order valence-electron chi connectivity index (χ0n) is 23.4. The van der Waals surface area contributed by atoms with Crippen LogP contribution < -0.4 is 10.6 Å². The summed E-state index contributed by atoms with van der Waals surface area (Å²) in [5, 5.41) is 14.3. The van der Waals surface area contributed by atoms with Gasteiger partial charge in [-0.25, -0.2) is 4.79 Å². The Morgan fingerprint density at radius 2 is 1.40 bits per heavy atom. The van der Waals surface area contributed by atoms with Crippen LogP contribution in [0.3, 0.4) is 0 Å². The van der Waals surface area contributed by atoms with E-state index in [2.05, 4.69) is 10.6 Å². The highest BCUT2D eigenvalue weighted by molar-refractivity contribution is 7.87. The van der Waals surface area contributed by atoms with Crippen molar-refractivity contribution in [2.75, 3.05) is 32.2 Å². The standard InChI is InChI=1S/C28H30N2O11S2/c1-18-8-4-6-10-24(18)42(35,36)40-16-23(41-43(37,38)25-11-7-5-9-19(25)2)15-29-27(32)20-12-21(28(33)34)14-22(13-20)30-26(31)17-39-3/h4-14,23H,15-17H2,1-3H3,(H,29,32)(H,30,31)(H,33,34). The molecule has 3 aromatic rings. The summed E-state index contributed by atoms with van der Waals surface area (Å²) in [7, 11) is -7.50. The Balaban J connectivity index is 1.87. The van der Waals surface area contributed by atoms with Gasteiger partial charge in [-0.3, -0.25) is 18.0 Å². The number of hydrogen-bond donors (Lipinski definition) is 3. The van der Waals surface area contributed by atoms with E-state index in [0.29, 0.717) is 11.1 Å². The number of benzene rings is 3. The summed E-state index contributed by atoms with van der Waals surface area (Å²) in [5.74, 6) is -2.84. The van der Waals surface area contributed by atoms with Crippen LogP contribution in [-0.4, -0.2) is 72.7 Å². The molecule has 3 rings (SSSR count). The van der Waals surface area contributed by atoms with Crippen LogP contribution in [0.2, 0.25) is 0 Å². The molecule has 0 radical (unpaired) electrons. The molecule has 3 aromatic carbocycles. The second-order valence-electron chi connectivity index (χ2n) is 9.24. The third-order valence-electron chi connectivity index (χ3n) is 5.89. The number of nitrogens with one attached hydrogen (secondary N) is 2. The van der Waals surface area contributed by atoms with Gasteiger partial charge in [0.25, 0.3) is 26.1 Å². The smallest absolute Gasteiger partial charge is 0.335 e. The molecular weight excluding hydrogens is 604 g/mol.